The molecule has 3 nitrogen and oxygen atoms in total. The molecule has 1 aromatic rings. The van der Waals surface area contributed by atoms with Crippen LogP contribution in [0.5, 0.6) is 0 Å². The molecule has 14 heavy (non-hydrogen) atoms. The molecule has 0 radical (unpaired) electrons. The maximum absolute atomic E-state index is 4.39. The summed E-state index contributed by atoms with van der Waals surface area (Å²) in [4.78, 5) is 11.0. The molecular formula is C11H17N3. The highest BCUT2D eigenvalue weighted by Crippen LogP contribution is 2.20. The third kappa shape index (κ3) is 2.03. The number of aromatic nitrogens is 2. The van der Waals surface area contributed by atoms with E-state index >= 15 is 0 Å². The molecule has 0 spiro atoms. The number of aryl methyl sites for hydroxylation is 1. The zero-order valence-corrected chi connectivity index (χ0v) is 8.90. The lowest BCUT2D eigenvalue weighted by Gasteiger charge is -2.30. The molecule has 0 amide bonds. The number of rotatable bonds is 1. The summed E-state index contributed by atoms with van der Waals surface area (Å²) in [6.45, 7) is 6.53. The van der Waals surface area contributed by atoms with E-state index in [1.165, 1.54) is 12.8 Å². The fourth-order valence-electron chi connectivity index (χ4n) is 1.79. The monoisotopic (exact) mass is 191 g/mol. The van der Waals surface area contributed by atoms with Crippen LogP contribution in [0.1, 0.15) is 25.5 Å². The zero-order chi connectivity index (χ0) is 9.97. The van der Waals surface area contributed by atoms with Gasteiger partial charge in [0.15, 0.2) is 0 Å². The van der Waals surface area contributed by atoms with E-state index in [0.717, 1.165) is 30.5 Å². The van der Waals surface area contributed by atoms with Crippen LogP contribution >= 0.6 is 0 Å². The van der Waals surface area contributed by atoms with Crippen LogP contribution in [-0.2, 0) is 0 Å². The lowest BCUT2D eigenvalue weighted by Crippen LogP contribution is -2.33. The van der Waals surface area contributed by atoms with Gasteiger partial charge in [0, 0.05) is 13.1 Å². The Hall–Kier alpha value is -1.12. The van der Waals surface area contributed by atoms with Gasteiger partial charge in [-0.1, -0.05) is 6.92 Å². The summed E-state index contributed by atoms with van der Waals surface area (Å²) in [6.07, 6.45) is 6.27. The molecule has 0 atom stereocenters. The summed E-state index contributed by atoms with van der Waals surface area (Å²) in [5.74, 6) is 1.90. The van der Waals surface area contributed by atoms with Crippen molar-refractivity contribution in [2.24, 2.45) is 5.92 Å². The van der Waals surface area contributed by atoms with Gasteiger partial charge in [-0.15, -0.1) is 0 Å². The van der Waals surface area contributed by atoms with Crippen molar-refractivity contribution in [2.75, 3.05) is 18.0 Å². The van der Waals surface area contributed by atoms with Gasteiger partial charge in [-0.2, -0.15) is 0 Å². The third-order valence-corrected chi connectivity index (χ3v) is 2.87. The highest BCUT2D eigenvalue weighted by atomic mass is 15.2. The number of anilines is 1. The quantitative estimate of drug-likeness (QED) is 0.680. The van der Waals surface area contributed by atoms with Crippen LogP contribution in [0.4, 0.5) is 5.82 Å². The normalized spacial score (nSPS) is 18.6. The Kier molecular flexibility index (Phi) is 2.66. The Morgan fingerprint density at radius 2 is 1.93 bits per heavy atom. The molecular weight excluding hydrogens is 174 g/mol. The van der Waals surface area contributed by atoms with Gasteiger partial charge in [0.25, 0.3) is 0 Å². The summed E-state index contributed by atoms with van der Waals surface area (Å²) in [5.41, 5.74) is 0.985. The van der Waals surface area contributed by atoms with Gasteiger partial charge < -0.3 is 4.90 Å². The van der Waals surface area contributed by atoms with Crippen LogP contribution in [0.15, 0.2) is 12.4 Å². The molecule has 1 fully saturated rings. The van der Waals surface area contributed by atoms with E-state index in [-0.39, 0.29) is 0 Å². The van der Waals surface area contributed by atoms with E-state index < -0.39 is 0 Å². The number of nitrogens with zero attached hydrogens (tertiary/aromatic N) is 3. The Labute approximate surface area is 85.2 Å². The molecule has 1 saturated heterocycles. The van der Waals surface area contributed by atoms with Crippen molar-refractivity contribution in [3.8, 4) is 0 Å². The molecule has 3 heteroatoms. The van der Waals surface area contributed by atoms with Crippen LogP contribution in [0.25, 0.3) is 0 Å². The van der Waals surface area contributed by atoms with E-state index in [9.17, 15) is 0 Å². The minimum absolute atomic E-state index is 0.865. The van der Waals surface area contributed by atoms with Gasteiger partial charge in [-0.25, -0.2) is 4.98 Å². The van der Waals surface area contributed by atoms with Crippen molar-refractivity contribution in [3.05, 3.63) is 18.1 Å². The minimum atomic E-state index is 0.865. The van der Waals surface area contributed by atoms with Gasteiger partial charge in [-0.05, 0) is 25.7 Å². The smallest absolute Gasteiger partial charge is 0.147 e. The van der Waals surface area contributed by atoms with E-state index in [0.29, 0.717) is 0 Å². The zero-order valence-electron chi connectivity index (χ0n) is 8.90. The van der Waals surface area contributed by atoms with Crippen molar-refractivity contribution in [2.45, 2.75) is 26.7 Å². The Balaban J connectivity index is 2.05. The Morgan fingerprint density at radius 3 is 2.50 bits per heavy atom. The molecule has 1 aliphatic heterocycles. The number of hydrogen-bond acceptors (Lipinski definition) is 3. The second kappa shape index (κ2) is 3.95. The highest BCUT2D eigenvalue weighted by molar-refractivity contribution is 5.36. The average molecular weight is 191 g/mol. The second-order valence-corrected chi connectivity index (χ2v) is 4.19. The van der Waals surface area contributed by atoms with E-state index in [1.807, 2.05) is 19.3 Å². The van der Waals surface area contributed by atoms with Crippen molar-refractivity contribution < 1.29 is 0 Å². The standard InChI is InChI=1S/C11H17N3/c1-9-3-5-14(6-4-9)11-8-12-10(2)7-13-11/h7-9H,3-6H2,1-2H3. The fourth-order valence-corrected chi connectivity index (χ4v) is 1.79. The SMILES string of the molecule is Cc1cnc(N2CCC(C)CC2)cn1. The van der Waals surface area contributed by atoms with Gasteiger partial charge >= 0.3 is 0 Å². The maximum Gasteiger partial charge on any atom is 0.147 e. The van der Waals surface area contributed by atoms with Gasteiger partial charge in [-0.3, -0.25) is 4.98 Å². The van der Waals surface area contributed by atoms with Crippen LogP contribution < -0.4 is 4.90 Å². The van der Waals surface area contributed by atoms with Crippen LogP contribution in [0.3, 0.4) is 0 Å². The van der Waals surface area contributed by atoms with E-state index in [4.69, 9.17) is 0 Å². The van der Waals surface area contributed by atoms with E-state index in [2.05, 4.69) is 21.8 Å². The summed E-state index contributed by atoms with van der Waals surface area (Å²) in [5, 5.41) is 0. The molecule has 0 aliphatic carbocycles. The predicted molar refractivity (Wildman–Crippen MR) is 57.4 cm³/mol. The summed E-state index contributed by atoms with van der Waals surface area (Å²) < 4.78 is 0. The van der Waals surface area contributed by atoms with Crippen LogP contribution in [-0.4, -0.2) is 23.1 Å². The molecule has 2 rings (SSSR count). The highest BCUT2D eigenvalue weighted by Gasteiger charge is 2.16. The molecule has 2 heterocycles. The molecule has 0 bridgehead atoms. The molecule has 0 saturated carbocycles. The topological polar surface area (TPSA) is 29.0 Å². The summed E-state index contributed by atoms with van der Waals surface area (Å²) in [7, 11) is 0. The first-order valence-electron chi connectivity index (χ1n) is 5.29. The van der Waals surface area contributed by atoms with Gasteiger partial charge in [0.2, 0.25) is 0 Å². The Bertz CT molecular complexity index is 286. The molecule has 0 unspecified atom stereocenters. The molecule has 76 valence electrons. The van der Waals surface area contributed by atoms with E-state index in [1.54, 1.807) is 0 Å². The maximum atomic E-state index is 4.39. The molecule has 0 N–H and O–H groups in total. The predicted octanol–water partition coefficient (Wildman–Crippen LogP) is 2.02. The summed E-state index contributed by atoms with van der Waals surface area (Å²) in [6, 6.07) is 0. The second-order valence-electron chi connectivity index (χ2n) is 4.19. The number of hydrogen-bond donors (Lipinski definition) is 0. The first kappa shape index (κ1) is 9.44. The van der Waals surface area contributed by atoms with Crippen molar-refractivity contribution in [1.82, 2.24) is 9.97 Å². The molecule has 1 aliphatic rings. The van der Waals surface area contributed by atoms with Gasteiger partial charge in [0.1, 0.15) is 5.82 Å². The lowest BCUT2D eigenvalue weighted by molar-refractivity contribution is 0.436. The van der Waals surface area contributed by atoms with Crippen molar-refractivity contribution >= 4 is 5.82 Å². The Morgan fingerprint density at radius 1 is 1.21 bits per heavy atom. The van der Waals surface area contributed by atoms with Crippen LogP contribution in [0, 0.1) is 12.8 Å². The number of piperidine rings is 1. The first-order chi connectivity index (χ1) is 6.75. The van der Waals surface area contributed by atoms with Gasteiger partial charge in [0.05, 0.1) is 18.1 Å². The fraction of sp³-hybridized carbons (Fsp3) is 0.636. The minimum Gasteiger partial charge on any atom is -0.355 e. The average Bonchev–Trinajstić information content (AvgIpc) is 2.21. The van der Waals surface area contributed by atoms with Crippen molar-refractivity contribution in [1.29, 1.82) is 0 Å². The third-order valence-electron chi connectivity index (χ3n) is 2.87. The van der Waals surface area contributed by atoms with Crippen molar-refractivity contribution in [3.63, 3.8) is 0 Å². The lowest BCUT2D eigenvalue weighted by atomic mass is 9.99. The summed E-state index contributed by atoms with van der Waals surface area (Å²) >= 11 is 0. The molecule has 1 aromatic heterocycles. The largest absolute Gasteiger partial charge is 0.355 e. The van der Waals surface area contributed by atoms with Crippen LogP contribution in [0.2, 0.25) is 0 Å². The first-order valence-corrected chi connectivity index (χ1v) is 5.29. The molecule has 0 aromatic carbocycles.